The first-order valence-corrected chi connectivity index (χ1v) is 7.91. The second-order valence-electron chi connectivity index (χ2n) is 5.71. The van der Waals surface area contributed by atoms with Crippen molar-refractivity contribution < 1.29 is 9.53 Å². The van der Waals surface area contributed by atoms with E-state index in [0.29, 0.717) is 18.1 Å². The van der Waals surface area contributed by atoms with Gasteiger partial charge < -0.3 is 14.2 Å². The smallest absolute Gasteiger partial charge is 0.339 e. The van der Waals surface area contributed by atoms with Crippen LogP contribution in [0.15, 0.2) is 24.7 Å². The third-order valence-corrected chi connectivity index (χ3v) is 4.12. The van der Waals surface area contributed by atoms with E-state index in [-0.39, 0.29) is 5.97 Å². The molecule has 3 heterocycles. The standard InChI is InChI=1S/C16H21N5O2/c1-3-23-16(22)12-6-7-14(17-9-12)21-8-4-5-13(10-21)15-19-18-11-20(15)2/h6-7,9,11,13H,3-5,8,10H2,1-2H3/t13-/m1/s1. The summed E-state index contributed by atoms with van der Waals surface area (Å²) in [5, 5.41) is 8.20. The highest BCUT2D eigenvalue weighted by molar-refractivity contribution is 5.89. The maximum absolute atomic E-state index is 11.7. The quantitative estimate of drug-likeness (QED) is 0.801. The number of rotatable bonds is 4. The summed E-state index contributed by atoms with van der Waals surface area (Å²) in [5.74, 6) is 1.91. The average molecular weight is 315 g/mol. The third kappa shape index (κ3) is 3.33. The van der Waals surface area contributed by atoms with Crippen molar-refractivity contribution in [2.24, 2.45) is 7.05 Å². The van der Waals surface area contributed by atoms with Gasteiger partial charge in [-0.15, -0.1) is 10.2 Å². The van der Waals surface area contributed by atoms with Crippen molar-refractivity contribution in [3.8, 4) is 0 Å². The van der Waals surface area contributed by atoms with Gasteiger partial charge in [-0.1, -0.05) is 0 Å². The second kappa shape index (κ2) is 6.76. The Morgan fingerprint density at radius 2 is 2.30 bits per heavy atom. The summed E-state index contributed by atoms with van der Waals surface area (Å²) in [4.78, 5) is 18.3. The highest BCUT2D eigenvalue weighted by Gasteiger charge is 2.25. The Hall–Kier alpha value is -2.44. The summed E-state index contributed by atoms with van der Waals surface area (Å²) >= 11 is 0. The minimum atomic E-state index is -0.331. The van der Waals surface area contributed by atoms with Crippen molar-refractivity contribution in [3.05, 3.63) is 36.0 Å². The average Bonchev–Trinajstić information content (AvgIpc) is 3.01. The predicted octanol–water partition coefficient (Wildman–Crippen LogP) is 1.77. The number of hydrogen-bond acceptors (Lipinski definition) is 6. The molecule has 0 saturated carbocycles. The van der Waals surface area contributed by atoms with Gasteiger partial charge in [0, 0.05) is 32.3 Å². The lowest BCUT2D eigenvalue weighted by Gasteiger charge is -2.33. The molecule has 0 spiro atoms. The molecule has 0 aliphatic carbocycles. The molecule has 1 atom stereocenters. The van der Waals surface area contributed by atoms with Gasteiger partial charge in [-0.25, -0.2) is 9.78 Å². The first kappa shape index (κ1) is 15.5. The normalized spacial score (nSPS) is 18.0. The van der Waals surface area contributed by atoms with E-state index in [1.807, 2.05) is 17.7 Å². The predicted molar refractivity (Wildman–Crippen MR) is 85.4 cm³/mol. The first-order valence-electron chi connectivity index (χ1n) is 7.91. The minimum Gasteiger partial charge on any atom is -0.462 e. The fraction of sp³-hybridized carbons (Fsp3) is 0.500. The topological polar surface area (TPSA) is 73.1 Å². The SMILES string of the molecule is CCOC(=O)c1ccc(N2CCC[C@@H](c3nncn3C)C2)nc1. The van der Waals surface area contributed by atoms with Crippen molar-refractivity contribution in [2.45, 2.75) is 25.7 Å². The Balaban J connectivity index is 1.71. The van der Waals surface area contributed by atoms with Crippen LogP contribution in [-0.4, -0.2) is 45.4 Å². The lowest BCUT2D eigenvalue weighted by atomic mass is 9.97. The minimum absolute atomic E-state index is 0.331. The maximum Gasteiger partial charge on any atom is 0.339 e. The number of aromatic nitrogens is 4. The van der Waals surface area contributed by atoms with E-state index in [1.54, 1.807) is 25.5 Å². The Morgan fingerprint density at radius 3 is 2.96 bits per heavy atom. The number of carbonyl (C=O) groups excluding carboxylic acids is 1. The summed E-state index contributed by atoms with van der Waals surface area (Å²) in [5.41, 5.74) is 0.484. The van der Waals surface area contributed by atoms with Crippen LogP contribution in [0.1, 0.15) is 41.9 Å². The fourth-order valence-corrected chi connectivity index (χ4v) is 2.97. The van der Waals surface area contributed by atoms with Gasteiger partial charge in [0.25, 0.3) is 0 Å². The van der Waals surface area contributed by atoms with E-state index < -0.39 is 0 Å². The molecule has 2 aromatic heterocycles. The van der Waals surface area contributed by atoms with Crippen LogP contribution in [-0.2, 0) is 11.8 Å². The van der Waals surface area contributed by atoms with E-state index in [2.05, 4.69) is 20.1 Å². The van der Waals surface area contributed by atoms with Gasteiger partial charge in [-0.2, -0.15) is 0 Å². The Labute approximate surface area is 135 Å². The molecular weight excluding hydrogens is 294 g/mol. The molecule has 0 radical (unpaired) electrons. The maximum atomic E-state index is 11.7. The number of pyridine rings is 1. The number of ether oxygens (including phenoxy) is 1. The van der Waals surface area contributed by atoms with Crippen LogP contribution >= 0.6 is 0 Å². The number of esters is 1. The van der Waals surface area contributed by atoms with E-state index in [9.17, 15) is 4.79 Å². The molecule has 1 saturated heterocycles. The molecule has 1 aliphatic heterocycles. The van der Waals surface area contributed by atoms with Crippen molar-refractivity contribution in [3.63, 3.8) is 0 Å². The fourth-order valence-electron chi connectivity index (χ4n) is 2.97. The van der Waals surface area contributed by atoms with Gasteiger partial charge in [0.15, 0.2) is 0 Å². The number of hydrogen-bond donors (Lipinski definition) is 0. The van der Waals surface area contributed by atoms with Crippen LogP contribution in [0.5, 0.6) is 0 Å². The van der Waals surface area contributed by atoms with Crippen molar-refractivity contribution >= 4 is 11.8 Å². The number of anilines is 1. The largest absolute Gasteiger partial charge is 0.462 e. The molecule has 122 valence electrons. The second-order valence-corrected chi connectivity index (χ2v) is 5.71. The highest BCUT2D eigenvalue weighted by Crippen LogP contribution is 2.27. The number of carbonyl (C=O) groups is 1. The Kier molecular flexibility index (Phi) is 4.55. The zero-order valence-corrected chi connectivity index (χ0v) is 13.5. The zero-order chi connectivity index (χ0) is 16.2. The molecule has 7 nitrogen and oxygen atoms in total. The molecule has 1 fully saturated rings. The third-order valence-electron chi connectivity index (χ3n) is 4.12. The van der Waals surface area contributed by atoms with E-state index in [0.717, 1.165) is 37.6 Å². The zero-order valence-electron chi connectivity index (χ0n) is 13.5. The van der Waals surface area contributed by atoms with Gasteiger partial charge >= 0.3 is 5.97 Å². The summed E-state index contributed by atoms with van der Waals surface area (Å²) in [6.07, 6.45) is 5.50. The molecule has 7 heteroatoms. The number of aryl methyl sites for hydroxylation is 1. The van der Waals surface area contributed by atoms with Crippen molar-refractivity contribution in [1.29, 1.82) is 0 Å². The molecule has 0 bridgehead atoms. The van der Waals surface area contributed by atoms with Gasteiger partial charge in [0.1, 0.15) is 18.0 Å². The monoisotopic (exact) mass is 315 g/mol. The van der Waals surface area contributed by atoms with Crippen LogP contribution in [0.3, 0.4) is 0 Å². The van der Waals surface area contributed by atoms with E-state index in [1.165, 1.54) is 0 Å². The van der Waals surface area contributed by atoms with Crippen molar-refractivity contribution in [2.75, 3.05) is 24.6 Å². The molecule has 2 aromatic rings. The summed E-state index contributed by atoms with van der Waals surface area (Å²) in [6, 6.07) is 3.65. The summed E-state index contributed by atoms with van der Waals surface area (Å²) in [6.45, 7) is 3.98. The molecular formula is C16H21N5O2. The van der Waals surface area contributed by atoms with Crippen LogP contribution in [0.4, 0.5) is 5.82 Å². The van der Waals surface area contributed by atoms with Gasteiger partial charge in [-0.05, 0) is 31.9 Å². The van der Waals surface area contributed by atoms with Crippen LogP contribution < -0.4 is 4.90 Å². The molecule has 3 rings (SSSR count). The van der Waals surface area contributed by atoms with Crippen molar-refractivity contribution in [1.82, 2.24) is 19.7 Å². The molecule has 0 N–H and O–H groups in total. The van der Waals surface area contributed by atoms with Gasteiger partial charge in [-0.3, -0.25) is 0 Å². The summed E-state index contributed by atoms with van der Waals surface area (Å²) < 4.78 is 6.96. The van der Waals surface area contributed by atoms with Gasteiger partial charge in [0.2, 0.25) is 0 Å². The molecule has 0 aromatic carbocycles. The molecule has 0 unspecified atom stereocenters. The molecule has 0 amide bonds. The van der Waals surface area contributed by atoms with Crippen LogP contribution in [0.25, 0.3) is 0 Å². The molecule has 23 heavy (non-hydrogen) atoms. The van der Waals surface area contributed by atoms with Crippen LogP contribution in [0.2, 0.25) is 0 Å². The number of nitrogens with zero attached hydrogens (tertiary/aromatic N) is 5. The van der Waals surface area contributed by atoms with Crippen LogP contribution in [0, 0.1) is 0 Å². The molecule has 1 aliphatic rings. The summed E-state index contributed by atoms with van der Waals surface area (Å²) in [7, 11) is 1.97. The number of piperidine rings is 1. The lowest BCUT2D eigenvalue weighted by Crippen LogP contribution is -2.35. The Morgan fingerprint density at radius 1 is 1.43 bits per heavy atom. The van der Waals surface area contributed by atoms with E-state index in [4.69, 9.17) is 4.74 Å². The Bertz CT molecular complexity index is 667. The highest BCUT2D eigenvalue weighted by atomic mass is 16.5. The van der Waals surface area contributed by atoms with E-state index >= 15 is 0 Å². The lowest BCUT2D eigenvalue weighted by molar-refractivity contribution is 0.0526. The first-order chi connectivity index (χ1) is 11.2. The van der Waals surface area contributed by atoms with Gasteiger partial charge in [0.05, 0.1) is 12.2 Å².